The van der Waals surface area contributed by atoms with E-state index < -0.39 is 0 Å². The number of rotatable bonds is 2. The highest BCUT2D eigenvalue weighted by Crippen LogP contribution is 1.80. The van der Waals surface area contributed by atoms with E-state index in [4.69, 9.17) is 0 Å². The largest absolute Gasteiger partial charge is 0.376 e. The number of carbonyl (C=O) groups excluding carboxylic acids is 1. The average molecular weight is 131 g/mol. The quantitative estimate of drug-likeness (QED) is 0.554. The molecule has 0 radical (unpaired) electrons. The van der Waals surface area contributed by atoms with Gasteiger partial charge >= 0.3 is 0 Å². The van der Waals surface area contributed by atoms with Crippen LogP contribution in [0, 0.1) is 0 Å². The molecule has 0 bridgehead atoms. The second-order valence-electron chi connectivity index (χ2n) is 1.36. The van der Waals surface area contributed by atoms with Crippen LogP contribution in [0.15, 0.2) is 0 Å². The summed E-state index contributed by atoms with van der Waals surface area (Å²) in [4.78, 5) is 10.9. The molecule has 0 saturated carbocycles. The Morgan fingerprint density at radius 3 is 2.38 bits per heavy atom. The fourth-order valence-electron chi connectivity index (χ4n) is 0.300. The molecule has 0 aromatic heterocycles. The van der Waals surface area contributed by atoms with Crippen molar-refractivity contribution in [1.29, 1.82) is 0 Å². The molecule has 0 aliphatic heterocycles. The number of nitrogens with one attached hydrogen (secondary N) is 1. The highest BCUT2D eigenvalue weighted by atomic mass is 32.1. The van der Waals surface area contributed by atoms with Crippen molar-refractivity contribution >= 4 is 23.0 Å². The molecule has 0 atom stereocenters. The van der Waals surface area contributed by atoms with E-state index >= 15 is 0 Å². The lowest BCUT2D eigenvalue weighted by Gasteiger charge is -1.95. The number of hydrogen-bond donors (Lipinski definition) is 1. The molecule has 0 unspecified atom stereocenters. The second kappa shape index (κ2) is 3.55. The van der Waals surface area contributed by atoms with Gasteiger partial charge in [-0.25, -0.2) is 0 Å². The van der Waals surface area contributed by atoms with Gasteiger partial charge in [0, 0.05) is 13.5 Å². The predicted octanol–water partition coefficient (Wildman–Crippen LogP) is 0.512. The summed E-state index contributed by atoms with van der Waals surface area (Å²) in [5.41, 5.74) is 0. The molecule has 0 aliphatic rings. The van der Waals surface area contributed by atoms with Gasteiger partial charge in [0.05, 0.1) is 0 Å². The Morgan fingerprint density at radius 2 is 2.25 bits per heavy atom. The summed E-state index contributed by atoms with van der Waals surface area (Å²) < 4.78 is 0. The topological polar surface area (TPSA) is 29.1 Å². The van der Waals surface area contributed by atoms with Crippen LogP contribution in [-0.2, 0) is 4.79 Å². The van der Waals surface area contributed by atoms with E-state index in [2.05, 4.69) is 17.5 Å². The molecule has 0 rings (SSSR count). The van der Waals surface area contributed by atoms with Crippen LogP contribution in [0.2, 0.25) is 0 Å². The summed E-state index contributed by atoms with van der Waals surface area (Å²) in [6.45, 7) is 1.78. The third-order valence-electron chi connectivity index (χ3n) is 0.801. The molecule has 3 heteroatoms. The van der Waals surface area contributed by atoms with Crippen molar-refractivity contribution in [2.45, 2.75) is 13.3 Å². The highest BCUT2D eigenvalue weighted by molar-refractivity contribution is 7.82. The van der Waals surface area contributed by atoms with Gasteiger partial charge in [0.2, 0.25) is 0 Å². The normalized spacial score (nSPS) is 8.25. The van der Waals surface area contributed by atoms with E-state index in [-0.39, 0.29) is 5.78 Å². The zero-order chi connectivity index (χ0) is 6.57. The maximum Gasteiger partial charge on any atom is 0.189 e. The Hall–Kier alpha value is -0.440. The lowest BCUT2D eigenvalue weighted by molar-refractivity contribution is -0.112. The molecule has 0 aliphatic carbocycles. The number of hydrogen-bond acceptors (Lipinski definition) is 2. The molecule has 8 heavy (non-hydrogen) atoms. The van der Waals surface area contributed by atoms with Crippen LogP contribution in [0.4, 0.5) is 0 Å². The second-order valence-corrected chi connectivity index (χ2v) is 1.76. The molecule has 0 fully saturated rings. The van der Waals surface area contributed by atoms with Gasteiger partial charge in [-0.05, 0) is 0 Å². The third-order valence-corrected chi connectivity index (χ3v) is 1.23. The maximum absolute atomic E-state index is 10.5. The first-order valence-electron chi connectivity index (χ1n) is 2.47. The van der Waals surface area contributed by atoms with Crippen LogP contribution in [-0.4, -0.2) is 17.8 Å². The first-order valence-corrected chi connectivity index (χ1v) is 2.88. The molecule has 2 nitrogen and oxygen atoms in total. The van der Waals surface area contributed by atoms with Gasteiger partial charge in [0.25, 0.3) is 0 Å². The Balaban J connectivity index is 3.64. The van der Waals surface area contributed by atoms with Crippen LogP contribution in [0.3, 0.4) is 0 Å². The monoisotopic (exact) mass is 131 g/mol. The molecule has 0 heterocycles. The first-order chi connectivity index (χ1) is 3.72. The van der Waals surface area contributed by atoms with Crippen LogP contribution >= 0.6 is 12.2 Å². The summed E-state index contributed by atoms with van der Waals surface area (Å²) in [6, 6.07) is 0. The smallest absolute Gasteiger partial charge is 0.189 e. The standard InChI is InChI=1S/C5H9NOS/c1-3-4(7)5(8)6-2/h3H2,1-2H3,(H,6,8). The molecule has 0 spiro atoms. The van der Waals surface area contributed by atoms with E-state index in [9.17, 15) is 4.79 Å². The van der Waals surface area contributed by atoms with Crippen LogP contribution < -0.4 is 5.32 Å². The zero-order valence-corrected chi connectivity index (χ0v) is 5.84. The van der Waals surface area contributed by atoms with Gasteiger partial charge in [0.1, 0.15) is 4.99 Å². The van der Waals surface area contributed by atoms with Gasteiger partial charge in [0.15, 0.2) is 5.78 Å². The van der Waals surface area contributed by atoms with Gasteiger partial charge in [-0.1, -0.05) is 19.1 Å². The molecule has 1 N–H and O–H groups in total. The van der Waals surface area contributed by atoms with Crippen molar-refractivity contribution in [1.82, 2.24) is 5.32 Å². The maximum atomic E-state index is 10.5. The third kappa shape index (κ3) is 2.02. The van der Waals surface area contributed by atoms with Gasteiger partial charge in [-0.15, -0.1) is 0 Å². The van der Waals surface area contributed by atoms with Crippen molar-refractivity contribution < 1.29 is 4.79 Å². The van der Waals surface area contributed by atoms with Crippen LogP contribution in [0.1, 0.15) is 13.3 Å². The Labute approximate surface area is 54.3 Å². The fraction of sp³-hybridized carbons (Fsp3) is 0.600. The Bertz CT molecular complexity index is 97.0. The van der Waals surface area contributed by atoms with Crippen LogP contribution in [0.25, 0.3) is 0 Å². The van der Waals surface area contributed by atoms with Gasteiger partial charge in [-0.2, -0.15) is 0 Å². The van der Waals surface area contributed by atoms with Gasteiger partial charge in [-0.3, -0.25) is 4.79 Å². The minimum absolute atomic E-state index is 0.00231. The number of Topliss-reactive ketones (excluding diaryl/α,β-unsaturated/α-hetero) is 1. The zero-order valence-electron chi connectivity index (χ0n) is 5.02. The van der Waals surface area contributed by atoms with Gasteiger partial charge < -0.3 is 5.32 Å². The molecule has 0 aromatic carbocycles. The molecule has 0 amide bonds. The van der Waals surface area contributed by atoms with Crippen LogP contribution in [0.5, 0.6) is 0 Å². The predicted molar refractivity (Wildman–Crippen MR) is 37.0 cm³/mol. The summed E-state index contributed by atoms with van der Waals surface area (Å²) in [7, 11) is 1.65. The summed E-state index contributed by atoms with van der Waals surface area (Å²) in [5.74, 6) is 0.00231. The van der Waals surface area contributed by atoms with E-state index in [1.54, 1.807) is 14.0 Å². The minimum atomic E-state index is 0.00231. The number of ketones is 1. The number of carbonyl (C=O) groups is 1. The summed E-state index contributed by atoms with van der Waals surface area (Å²) in [5, 5.41) is 2.60. The highest BCUT2D eigenvalue weighted by Gasteiger charge is 2.00. The van der Waals surface area contributed by atoms with Crippen molar-refractivity contribution in [2.24, 2.45) is 0 Å². The Morgan fingerprint density at radius 1 is 1.75 bits per heavy atom. The fourth-order valence-corrected chi connectivity index (χ4v) is 0.444. The van der Waals surface area contributed by atoms with E-state index in [0.717, 1.165) is 0 Å². The average Bonchev–Trinajstić information content (AvgIpc) is 1.84. The van der Waals surface area contributed by atoms with E-state index in [1.165, 1.54) is 0 Å². The van der Waals surface area contributed by atoms with E-state index in [1.807, 2.05) is 0 Å². The minimum Gasteiger partial charge on any atom is -0.376 e. The number of likely N-dealkylation sites (N-methyl/N-ethyl adjacent to an activating group) is 1. The lowest BCUT2D eigenvalue weighted by Crippen LogP contribution is -2.24. The first kappa shape index (κ1) is 7.56. The molecular formula is C5H9NOS. The molecule has 0 saturated heterocycles. The summed E-state index contributed by atoms with van der Waals surface area (Å²) >= 11 is 4.62. The molecule has 46 valence electrons. The lowest BCUT2D eigenvalue weighted by atomic mass is 10.3. The Kier molecular flexibility index (Phi) is 3.35. The van der Waals surface area contributed by atoms with Crippen molar-refractivity contribution in [3.63, 3.8) is 0 Å². The molecule has 0 aromatic rings. The SMILES string of the molecule is CCC(=O)C(=S)NC. The van der Waals surface area contributed by atoms with Crippen molar-refractivity contribution in [3.05, 3.63) is 0 Å². The number of thiocarbonyl (C=S) groups is 1. The van der Waals surface area contributed by atoms with E-state index in [0.29, 0.717) is 11.4 Å². The van der Waals surface area contributed by atoms with Crippen molar-refractivity contribution in [2.75, 3.05) is 7.05 Å². The molecular weight excluding hydrogens is 122 g/mol. The summed E-state index contributed by atoms with van der Waals surface area (Å²) in [6.07, 6.45) is 0.486. The van der Waals surface area contributed by atoms with Crippen molar-refractivity contribution in [3.8, 4) is 0 Å².